The fourth-order valence-electron chi connectivity index (χ4n) is 4.00. The SMILES string of the molecule is CCN(CC)Cc1nc2sc(C)c(C)c2c(=O)n1CC(=O)Nc1c(C)cc(C)cc1C. The number of rotatable bonds is 7. The van der Waals surface area contributed by atoms with Crippen LogP contribution >= 0.6 is 11.3 Å². The van der Waals surface area contributed by atoms with Crippen LogP contribution in [0.15, 0.2) is 16.9 Å². The minimum Gasteiger partial charge on any atom is -0.324 e. The summed E-state index contributed by atoms with van der Waals surface area (Å²) in [5.74, 6) is 0.415. The molecule has 0 unspecified atom stereocenters. The number of carbonyl (C=O) groups excluding carboxylic acids is 1. The number of anilines is 1. The van der Waals surface area contributed by atoms with E-state index in [-0.39, 0.29) is 18.0 Å². The summed E-state index contributed by atoms with van der Waals surface area (Å²) in [5.41, 5.74) is 4.81. The Labute approximate surface area is 187 Å². The molecule has 7 heteroatoms. The average Bonchev–Trinajstić information content (AvgIpc) is 2.99. The van der Waals surface area contributed by atoms with E-state index < -0.39 is 0 Å². The third kappa shape index (κ3) is 4.72. The van der Waals surface area contributed by atoms with Crippen LogP contribution in [-0.4, -0.2) is 33.4 Å². The highest BCUT2D eigenvalue weighted by Crippen LogP contribution is 2.27. The molecule has 31 heavy (non-hydrogen) atoms. The van der Waals surface area contributed by atoms with Gasteiger partial charge in [-0.3, -0.25) is 19.1 Å². The first-order valence-corrected chi connectivity index (χ1v) is 11.6. The number of hydrogen-bond acceptors (Lipinski definition) is 5. The standard InChI is InChI=1S/C24H32N4O2S/c1-8-27(9-2)12-19-25-23-21(17(6)18(7)31-23)24(30)28(19)13-20(29)26-22-15(4)10-14(3)11-16(22)5/h10-11H,8-9,12-13H2,1-7H3,(H,26,29). The predicted octanol–water partition coefficient (Wildman–Crippen LogP) is 4.48. The molecule has 3 aromatic rings. The quantitative estimate of drug-likeness (QED) is 0.588. The van der Waals surface area contributed by atoms with Gasteiger partial charge in [-0.2, -0.15) is 0 Å². The smallest absolute Gasteiger partial charge is 0.263 e. The molecule has 1 N–H and O–H groups in total. The van der Waals surface area contributed by atoms with Gasteiger partial charge in [-0.05, 0) is 64.4 Å². The van der Waals surface area contributed by atoms with Gasteiger partial charge < -0.3 is 5.32 Å². The molecule has 1 aromatic carbocycles. The summed E-state index contributed by atoms with van der Waals surface area (Å²) in [5, 5.41) is 3.65. The normalized spacial score (nSPS) is 11.5. The van der Waals surface area contributed by atoms with Crippen molar-refractivity contribution < 1.29 is 4.79 Å². The minimum atomic E-state index is -0.219. The Bertz CT molecular complexity index is 1170. The molecule has 1 amide bonds. The largest absolute Gasteiger partial charge is 0.324 e. The highest BCUT2D eigenvalue weighted by atomic mass is 32.1. The van der Waals surface area contributed by atoms with E-state index in [0.29, 0.717) is 17.8 Å². The van der Waals surface area contributed by atoms with Crippen LogP contribution < -0.4 is 10.9 Å². The highest BCUT2D eigenvalue weighted by Gasteiger charge is 2.20. The van der Waals surface area contributed by atoms with Gasteiger partial charge in [0.2, 0.25) is 5.91 Å². The number of nitrogens with zero attached hydrogens (tertiary/aromatic N) is 3. The van der Waals surface area contributed by atoms with E-state index in [2.05, 4.69) is 24.1 Å². The van der Waals surface area contributed by atoms with Gasteiger partial charge in [-0.25, -0.2) is 4.98 Å². The van der Waals surface area contributed by atoms with Crippen LogP contribution in [0.3, 0.4) is 0 Å². The molecule has 0 aliphatic heterocycles. The van der Waals surface area contributed by atoms with Crippen LogP contribution in [0.1, 0.15) is 46.8 Å². The van der Waals surface area contributed by atoms with Crippen molar-refractivity contribution in [3.8, 4) is 0 Å². The number of nitrogens with one attached hydrogen (secondary N) is 1. The Morgan fingerprint density at radius 3 is 2.29 bits per heavy atom. The van der Waals surface area contributed by atoms with Gasteiger partial charge in [-0.15, -0.1) is 11.3 Å². The summed E-state index contributed by atoms with van der Waals surface area (Å²) in [6.45, 7) is 16.3. The van der Waals surface area contributed by atoms with E-state index in [0.717, 1.165) is 50.7 Å². The molecule has 0 bridgehead atoms. The summed E-state index contributed by atoms with van der Waals surface area (Å²) >= 11 is 1.54. The van der Waals surface area contributed by atoms with Gasteiger partial charge >= 0.3 is 0 Å². The van der Waals surface area contributed by atoms with Crippen molar-refractivity contribution in [1.29, 1.82) is 0 Å². The number of carbonyl (C=O) groups is 1. The topological polar surface area (TPSA) is 67.2 Å². The number of hydrogen-bond donors (Lipinski definition) is 1. The van der Waals surface area contributed by atoms with E-state index in [9.17, 15) is 9.59 Å². The molecular weight excluding hydrogens is 408 g/mol. The van der Waals surface area contributed by atoms with Crippen molar-refractivity contribution in [2.45, 2.75) is 61.6 Å². The summed E-state index contributed by atoms with van der Waals surface area (Å²) in [6.07, 6.45) is 0. The fourth-order valence-corrected chi connectivity index (χ4v) is 5.04. The molecule has 2 heterocycles. The second-order valence-electron chi connectivity index (χ2n) is 8.17. The molecule has 0 spiro atoms. The molecule has 0 saturated heterocycles. The maximum absolute atomic E-state index is 13.4. The fraction of sp³-hybridized carbons (Fsp3) is 0.458. The zero-order valence-electron chi connectivity index (χ0n) is 19.5. The number of aryl methyl sites for hydroxylation is 5. The molecular formula is C24H32N4O2S. The van der Waals surface area contributed by atoms with Gasteiger partial charge in [-0.1, -0.05) is 31.5 Å². The number of aromatic nitrogens is 2. The van der Waals surface area contributed by atoms with Crippen LogP contribution in [0.2, 0.25) is 0 Å². The lowest BCUT2D eigenvalue weighted by atomic mass is 10.1. The molecule has 3 rings (SSSR count). The average molecular weight is 441 g/mol. The summed E-state index contributed by atoms with van der Waals surface area (Å²) in [6, 6.07) is 4.09. The van der Waals surface area contributed by atoms with Crippen molar-refractivity contribution in [3.05, 3.63) is 55.4 Å². The summed E-state index contributed by atoms with van der Waals surface area (Å²) in [4.78, 5) is 35.3. The van der Waals surface area contributed by atoms with Gasteiger partial charge in [0.05, 0.1) is 11.9 Å². The lowest BCUT2D eigenvalue weighted by Gasteiger charge is -2.20. The molecule has 0 atom stereocenters. The van der Waals surface area contributed by atoms with Crippen LogP contribution in [0.25, 0.3) is 10.2 Å². The number of fused-ring (bicyclic) bond motifs is 1. The molecule has 0 aliphatic carbocycles. The lowest BCUT2D eigenvalue weighted by Crippen LogP contribution is -2.34. The minimum absolute atomic E-state index is 0.0561. The molecule has 0 fully saturated rings. The van der Waals surface area contributed by atoms with Crippen LogP contribution in [0.4, 0.5) is 5.69 Å². The molecule has 0 radical (unpaired) electrons. The summed E-state index contributed by atoms with van der Waals surface area (Å²) in [7, 11) is 0. The van der Waals surface area contributed by atoms with Crippen molar-refractivity contribution in [2.75, 3.05) is 18.4 Å². The van der Waals surface area contributed by atoms with Gasteiger partial charge in [0.1, 0.15) is 17.2 Å². The second kappa shape index (κ2) is 9.32. The van der Waals surface area contributed by atoms with Crippen molar-refractivity contribution >= 4 is 33.1 Å². The first-order chi connectivity index (χ1) is 14.7. The number of benzene rings is 1. The van der Waals surface area contributed by atoms with Crippen molar-refractivity contribution in [1.82, 2.24) is 14.5 Å². The van der Waals surface area contributed by atoms with Crippen molar-refractivity contribution in [3.63, 3.8) is 0 Å². The molecule has 0 aliphatic rings. The van der Waals surface area contributed by atoms with E-state index in [4.69, 9.17) is 4.98 Å². The first-order valence-electron chi connectivity index (χ1n) is 10.8. The van der Waals surface area contributed by atoms with Crippen LogP contribution in [0, 0.1) is 34.6 Å². The molecule has 2 aromatic heterocycles. The highest BCUT2D eigenvalue weighted by molar-refractivity contribution is 7.18. The van der Waals surface area contributed by atoms with Gasteiger partial charge in [0, 0.05) is 10.6 Å². The van der Waals surface area contributed by atoms with E-state index in [1.165, 1.54) is 0 Å². The predicted molar refractivity (Wildman–Crippen MR) is 129 cm³/mol. The maximum Gasteiger partial charge on any atom is 0.263 e. The molecule has 6 nitrogen and oxygen atoms in total. The lowest BCUT2D eigenvalue weighted by molar-refractivity contribution is -0.116. The number of amides is 1. The Morgan fingerprint density at radius 2 is 1.71 bits per heavy atom. The monoisotopic (exact) mass is 440 g/mol. The van der Waals surface area contributed by atoms with Crippen LogP contribution in [0.5, 0.6) is 0 Å². The van der Waals surface area contributed by atoms with E-state index in [1.54, 1.807) is 15.9 Å². The second-order valence-corrected chi connectivity index (χ2v) is 9.37. The Kier molecular flexibility index (Phi) is 6.96. The van der Waals surface area contributed by atoms with E-state index in [1.807, 2.05) is 46.8 Å². The Morgan fingerprint density at radius 1 is 1.10 bits per heavy atom. The molecule has 166 valence electrons. The Hall–Kier alpha value is -2.51. The maximum atomic E-state index is 13.4. The number of thiophene rings is 1. The van der Waals surface area contributed by atoms with E-state index >= 15 is 0 Å². The zero-order chi connectivity index (χ0) is 22.9. The van der Waals surface area contributed by atoms with Gasteiger partial charge in [0.25, 0.3) is 5.56 Å². The third-order valence-electron chi connectivity index (χ3n) is 5.87. The zero-order valence-corrected chi connectivity index (χ0v) is 20.4. The third-order valence-corrected chi connectivity index (χ3v) is 6.97. The van der Waals surface area contributed by atoms with Gasteiger partial charge in [0.15, 0.2) is 0 Å². The first kappa shape index (κ1) is 23.2. The summed E-state index contributed by atoms with van der Waals surface area (Å²) < 4.78 is 1.55. The molecule has 0 saturated carbocycles. The van der Waals surface area contributed by atoms with Crippen molar-refractivity contribution in [2.24, 2.45) is 0 Å². The Balaban J connectivity index is 2.03. The van der Waals surface area contributed by atoms with Crippen LogP contribution in [-0.2, 0) is 17.9 Å².